The molecule has 0 bridgehead atoms. The van der Waals surface area contributed by atoms with Crippen molar-refractivity contribution in [3.63, 3.8) is 0 Å². The fourth-order valence-electron chi connectivity index (χ4n) is 4.39. The minimum atomic E-state index is -0.463. The van der Waals surface area contributed by atoms with Crippen LogP contribution in [0.2, 0.25) is 10.0 Å². The van der Waals surface area contributed by atoms with Crippen LogP contribution in [0, 0.1) is 0 Å². The number of likely N-dealkylation sites (tertiary alicyclic amines) is 1. The lowest BCUT2D eigenvalue weighted by molar-refractivity contribution is 0.102. The second-order valence-corrected chi connectivity index (χ2v) is 10.3. The van der Waals surface area contributed by atoms with Crippen LogP contribution in [0.1, 0.15) is 39.1 Å². The third kappa shape index (κ3) is 5.42. The molecule has 2 aromatic carbocycles. The average Bonchev–Trinajstić information content (AvgIpc) is 2.83. The van der Waals surface area contributed by atoms with E-state index in [9.17, 15) is 9.59 Å². The van der Waals surface area contributed by atoms with E-state index in [-0.39, 0.29) is 11.5 Å². The molecular formula is C28H28Cl2N6O2. The van der Waals surface area contributed by atoms with Crippen molar-refractivity contribution in [3.05, 3.63) is 87.2 Å². The van der Waals surface area contributed by atoms with Crippen LogP contribution in [-0.2, 0) is 0 Å². The molecule has 3 heterocycles. The molecule has 10 heteroatoms. The molecule has 2 fully saturated rings. The van der Waals surface area contributed by atoms with Gasteiger partial charge in [0.05, 0.1) is 27.7 Å². The highest BCUT2D eigenvalue weighted by molar-refractivity contribution is 6.32. The molecule has 0 spiro atoms. The second kappa shape index (κ2) is 10.9. The van der Waals surface area contributed by atoms with Gasteiger partial charge in [-0.05, 0) is 48.4 Å². The zero-order valence-electron chi connectivity index (χ0n) is 21.1. The van der Waals surface area contributed by atoms with Gasteiger partial charge in [0.25, 0.3) is 11.8 Å². The number of hydrogen-bond acceptors (Lipinski definition) is 6. The number of benzene rings is 2. The normalized spacial score (nSPS) is 15.5. The van der Waals surface area contributed by atoms with E-state index in [2.05, 4.69) is 25.8 Å². The number of anilines is 3. The first kappa shape index (κ1) is 25.9. The van der Waals surface area contributed by atoms with Gasteiger partial charge in [-0.1, -0.05) is 35.3 Å². The van der Waals surface area contributed by atoms with Crippen LogP contribution < -0.4 is 20.9 Å². The van der Waals surface area contributed by atoms with Crippen molar-refractivity contribution in [2.45, 2.75) is 12.8 Å². The summed E-state index contributed by atoms with van der Waals surface area (Å²) >= 11 is 12.3. The molecule has 0 aliphatic carbocycles. The zero-order valence-corrected chi connectivity index (χ0v) is 22.7. The molecular weight excluding hydrogens is 523 g/mol. The number of hydrogen-bond donors (Lipinski definition) is 3. The number of amides is 2. The van der Waals surface area contributed by atoms with Crippen LogP contribution in [0.3, 0.4) is 0 Å². The molecule has 38 heavy (non-hydrogen) atoms. The first-order valence-corrected chi connectivity index (χ1v) is 13.1. The Balaban J connectivity index is 1.42. The molecule has 2 amide bonds. The average molecular weight is 551 g/mol. The molecule has 0 saturated carbocycles. The van der Waals surface area contributed by atoms with Gasteiger partial charge < -0.3 is 25.8 Å². The lowest BCUT2D eigenvalue weighted by Crippen LogP contribution is -2.40. The second-order valence-electron chi connectivity index (χ2n) is 9.43. The molecule has 196 valence electrons. The molecule has 3 aromatic rings. The predicted molar refractivity (Wildman–Crippen MR) is 153 cm³/mol. The first-order chi connectivity index (χ1) is 18.3. The van der Waals surface area contributed by atoms with E-state index >= 15 is 0 Å². The van der Waals surface area contributed by atoms with Gasteiger partial charge in [0.1, 0.15) is 5.82 Å². The van der Waals surface area contributed by atoms with Gasteiger partial charge in [-0.2, -0.15) is 0 Å². The molecule has 0 unspecified atom stereocenters. The molecule has 0 radical (unpaired) electrons. The summed E-state index contributed by atoms with van der Waals surface area (Å²) in [7, 11) is 3.63. The summed E-state index contributed by atoms with van der Waals surface area (Å²) in [4.78, 5) is 34.9. The van der Waals surface area contributed by atoms with E-state index in [4.69, 9.17) is 23.2 Å². The molecule has 3 N–H and O–H groups in total. The molecule has 5 rings (SSSR count). The SMILES string of the molecule is CN(C)c1cc(Cl)cc(C(=O)Nc2ccc(Cl)cn2)c1NC(=O)c1ccc(C(=C2CCN2)N2CCC2)cc1. The summed E-state index contributed by atoms with van der Waals surface area (Å²) in [6.07, 6.45) is 3.67. The maximum absolute atomic E-state index is 13.4. The number of rotatable bonds is 7. The molecule has 2 saturated heterocycles. The summed E-state index contributed by atoms with van der Waals surface area (Å²) in [5.41, 5.74) is 5.19. The molecule has 8 nitrogen and oxygen atoms in total. The van der Waals surface area contributed by atoms with Crippen molar-refractivity contribution in [2.24, 2.45) is 0 Å². The highest BCUT2D eigenvalue weighted by atomic mass is 35.5. The number of nitrogens with one attached hydrogen (secondary N) is 3. The number of carbonyl (C=O) groups excluding carboxylic acids is 2. The van der Waals surface area contributed by atoms with Crippen molar-refractivity contribution in [1.82, 2.24) is 15.2 Å². The third-order valence-corrected chi connectivity index (χ3v) is 7.05. The van der Waals surface area contributed by atoms with Crippen LogP contribution in [-0.4, -0.2) is 55.4 Å². The fourth-order valence-corrected chi connectivity index (χ4v) is 4.72. The summed E-state index contributed by atoms with van der Waals surface area (Å²) in [6, 6.07) is 14.0. The monoisotopic (exact) mass is 550 g/mol. The summed E-state index contributed by atoms with van der Waals surface area (Å²) in [5.74, 6) is -0.470. The summed E-state index contributed by atoms with van der Waals surface area (Å²) in [6.45, 7) is 3.08. The maximum atomic E-state index is 13.4. The third-order valence-electron chi connectivity index (χ3n) is 6.61. The quantitative estimate of drug-likeness (QED) is 0.368. The Morgan fingerprint density at radius 1 is 0.947 bits per heavy atom. The van der Waals surface area contributed by atoms with Crippen LogP contribution in [0.15, 0.2) is 60.4 Å². The number of pyridine rings is 1. The van der Waals surface area contributed by atoms with E-state index < -0.39 is 5.91 Å². The highest BCUT2D eigenvalue weighted by Gasteiger charge is 2.25. The Kier molecular flexibility index (Phi) is 7.44. The summed E-state index contributed by atoms with van der Waals surface area (Å²) in [5, 5.41) is 9.92. The Labute approximate surface area is 231 Å². The van der Waals surface area contributed by atoms with Gasteiger partial charge in [0, 0.05) is 62.6 Å². The fraction of sp³-hybridized carbons (Fsp3) is 0.250. The van der Waals surface area contributed by atoms with Crippen molar-refractivity contribution in [3.8, 4) is 0 Å². The maximum Gasteiger partial charge on any atom is 0.259 e. The number of aromatic nitrogens is 1. The smallest absolute Gasteiger partial charge is 0.259 e. The first-order valence-electron chi connectivity index (χ1n) is 12.4. The number of carbonyl (C=O) groups is 2. The highest BCUT2D eigenvalue weighted by Crippen LogP contribution is 2.34. The van der Waals surface area contributed by atoms with Crippen molar-refractivity contribution < 1.29 is 9.59 Å². The van der Waals surface area contributed by atoms with Crippen LogP contribution >= 0.6 is 23.2 Å². The van der Waals surface area contributed by atoms with Crippen LogP contribution in [0.4, 0.5) is 17.2 Å². The Morgan fingerprint density at radius 3 is 2.21 bits per heavy atom. The minimum Gasteiger partial charge on any atom is -0.386 e. The van der Waals surface area contributed by atoms with Crippen molar-refractivity contribution >= 4 is 57.9 Å². The Morgan fingerprint density at radius 2 is 1.66 bits per heavy atom. The lowest BCUT2D eigenvalue weighted by Gasteiger charge is -2.39. The van der Waals surface area contributed by atoms with E-state index in [0.29, 0.717) is 32.8 Å². The molecule has 2 aliphatic rings. The van der Waals surface area contributed by atoms with Crippen LogP contribution in [0.25, 0.3) is 5.70 Å². The number of nitrogens with zero attached hydrogens (tertiary/aromatic N) is 3. The van der Waals surface area contributed by atoms with Gasteiger partial charge in [-0.15, -0.1) is 0 Å². The topological polar surface area (TPSA) is 89.6 Å². The zero-order chi connectivity index (χ0) is 26.8. The molecule has 2 aliphatic heterocycles. The molecule has 0 atom stereocenters. The van der Waals surface area contributed by atoms with Gasteiger partial charge in [0.2, 0.25) is 0 Å². The van der Waals surface area contributed by atoms with Gasteiger partial charge in [-0.25, -0.2) is 4.98 Å². The van der Waals surface area contributed by atoms with E-state index in [0.717, 1.165) is 31.6 Å². The standard InChI is InChI=1S/C28H28Cl2N6O2/c1-35(2)23-15-20(30)14-21(28(38)33-24-9-8-19(29)16-32-24)25(23)34-27(37)18-6-4-17(5-7-18)26(22-10-11-31-22)36-12-3-13-36/h4-9,14-16,31H,3,10-13H2,1-2H3,(H,34,37)(H,32,33,38). The summed E-state index contributed by atoms with van der Waals surface area (Å²) < 4.78 is 0. The largest absolute Gasteiger partial charge is 0.386 e. The van der Waals surface area contributed by atoms with Crippen molar-refractivity contribution in [1.29, 1.82) is 0 Å². The van der Waals surface area contributed by atoms with Gasteiger partial charge in [0.15, 0.2) is 0 Å². The van der Waals surface area contributed by atoms with E-state index in [1.54, 1.807) is 23.1 Å². The number of halogens is 2. The van der Waals surface area contributed by atoms with Gasteiger partial charge >= 0.3 is 0 Å². The van der Waals surface area contributed by atoms with E-state index in [1.165, 1.54) is 30.1 Å². The molecule has 1 aromatic heterocycles. The van der Waals surface area contributed by atoms with Crippen molar-refractivity contribution in [2.75, 3.05) is 49.3 Å². The van der Waals surface area contributed by atoms with Crippen LogP contribution in [0.5, 0.6) is 0 Å². The Bertz CT molecular complexity index is 1390. The lowest BCUT2D eigenvalue weighted by atomic mass is 9.99. The van der Waals surface area contributed by atoms with Gasteiger partial charge in [-0.3, -0.25) is 9.59 Å². The van der Waals surface area contributed by atoms with E-state index in [1.807, 2.05) is 38.4 Å². The Hall–Kier alpha value is -3.75. The minimum absolute atomic E-state index is 0.212. The predicted octanol–water partition coefficient (Wildman–Crippen LogP) is 5.33.